The lowest BCUT2D eigenvalue weighted by Crippen LogP contribution is -2.44. The Morgan fingerprint density at radius 2 is 2.00 bits per heavy atom. The van der Waals surface area contributed by atoms with Gasteiger partial charge in [0.05, 0.1) is 10.8 Å². The van der Waals surface area contributed by atoms with Crippen LogP contribution in [-0.2, 0) is 21.2 Å². The van der Waals surface area contributed by atoms with Crippen molar-refractivity contribution in [3.63, 3.8) is 0 Å². The minimum Gasteiger partial charge on any atom is -0.359 e. The summed E-state index contributed by atoms with van der Waals surface area (Å²) in [6.45, 7) is 2.88. The fraction of sp³-hybridized carbons (Fsp3) is 0.588. The van der Waals surface area contributed by atoms with Crippen molar-refractivity contribution < 1.29 is 13.2 Å². The maximum atomic E-state index is 12.8. The molecule has 1 aromatic rings. The van der Waals surface area contributed by atoms with Crippen LogP contribution in [0.1, 0.15) is 38.2 Å². The Balaban J connectivity index is 2.12. The van der Waals surface area contributed by atoms with Gasteiger partial charge in [-0.3, -0.25) is 4.79 Å². The van der Waals surface area contributed by atoms with Gasteiger partial charge in [-0.25, -0.2) is 8.42 Å². The van der Waals surface area contributed by atoms with Gasteiger partial charge >= 0.3 is 0 Å². The molecule has 6 heteroatoms. The van der Waals surface area contributed by atoms with E-state index in [1.54, 1.807) is 19.2 Å². The summed E-state index contributed by atoms with van der Waals surface area (Å²) in [6.07, 6.45) is 4.65. The highest BCUT2D eigenvalue weighted by atomic mass is 32.2. The summed E-state index contributed by atoms with van der Waals surface area (Å²) in [6, 6.07) is 7.15. The molecule has 1 fully saturated rings. The summed E-state index contributed by atoms with van der Waals surface area (Å²) >= 11 is 0. The fourth-order valence-corrected chi connectivity index (χ4v) is 4.46. The van der Waals surface area contributed by atoms with Crippen LogP contribution < -0.4 is 5.32 Å². The van der Waals surface area contributed by atoms with E-state index >= 15 is 0 Å². The molecule has 0 bridgehead atoms. The van der Waals surface area contributed by atoms with Crippen molar-refractivity contribution >= 4 is 15.9 Å². The average Bonchev–Trinajstić information content (AvgIpc) is 2.59. The number of carbonyl (C=O) groups excluding carboxylic acids is 1. The Labute approximate surface area is 139 Å². The molecule has 1 saturated heterocycles. The number of benzene rings is 1. The van der Waals surface area contributed by atoms with E-state index in [0.717, 1.165) is 31.2 Å². The predicted octanol–water partition coefficient (Wildman–Crippen LogP) is 2.18. The lowest BCUT2D eigenvalue weighted by molar-refractivity contribution is -0.125. The number of nitrogens with zero attached hydrogens (tertiary/aromatic N) is 1. The summed E-state index contributed by atoms with van der Waals surface area (Å²) in [5.74, 6) is -0.341. The molecule has 128 valence electrons. The number of rotatable bonds is 6. The molecule has 1 N–H and O–H groups in total. The lowest BCUT2D eigenvalue weighted by atomic mass is 9.99. The first-order valence-electron chi connectivity index (χ1n) is 8.29. The Morgan fingerprint density at radius 3 is 2.61 bits per heavy atom. The molecule has 0 aliphatic carbocycles. The van der Waals surface area contributed by atoms with Crippen molar-refractivity contribution in [2.75, 3.05) is 20.1 Å². The zero-order valence-electron chi connectivity index (χ0n) is 13.9. The van der Waals surface area contributed by atoms with Crippen LogP contribution in [0, 0.1) is 5.92 Å². The first kappa shape index (κ1) is 17.9. The molecule has 0 spiro atoms. The lowest BCUT2D eigenvalue weighted by Gasteiger charge is -2.31. The van der Waals surface area contributed by atoms with Gasteiger partial charge in [0.1, 0.15) is 0 Å². The van der Waals surface area contributed by atoms with Crippen molar-refractivity contribution in [3.05, 3.63) is 29.8 Å². The van der Waals surface area contributed by atoms with Gasteiger partial charge in [-0.2, -0.15) is 4.31 Å². The molecule has 1 heterocycles. The zero-order chi connectivity index (χ0) is 16.9. The van der Waals surface area contributed by atoms with Crippen LogP contribution in [0.5, 0.6) is 0 Å². The number of sulfonamides is 1. The highest BCUT2D eigenvalue weighted by Gasteiger charge is 2.32. The highest BCUT2D eigenvalue weighted by molar-refractivity contribution is 7.89. The van der Waals surface area contributed by atoms with E-state index in [2.05, 4.69) is 12.2 Å². The molecule has 1 atom stereocenters. The van der Waals surface area contributed by atoms with Crippen molar-refractivity contribution in [2.45, 2.75) is 43.9 Å². The number of piperidine rings is 1. The third kappa shape index (κ3) is 4.32. The summed E-state index contributed by atoms with van der Waals surface area (Å²) < 4.78 is 27.0. The van der Waals surface area contributed by atoms with E-state index in [0.29, 0.717) is 17.9 Å². The molecule has 1 amide bonds. The fourth-order valence-electron chi connectivity index (χ4n) is 2.94. The largest absolute Gasteiger partial charge is 0.359 e. The summed E-state index contributed by atoms with van der Waals surface area (Å²) in [5.41, 5.74) is 1.16. The van der Waals surface area contributed by atoms with Gasteiger partial charge in [-0.15, -0.1) is 0 Å². The van der Waals surface area contributed by atoms with Gasteiger partial charge in [-0.1, -0.05) is 25.5 Å². The molecule has 1 aromatic carbocycles. The van der Waals surface area contributed by atoms with E-state index in [9.17, 15) is 13.2 Å². The topological polar surface area (TPSA) is 66.5 Å². The molecule has 0 aromatic heterocycles. The van der Waals surface area contributed by atoms with Gasteiger partial charge in [0.2, 0.25) is 15.9 Å². The molecule has 1 aliphatic heterocycles. The van der Waals surface area contributed by atoms with Crippen LogP contribution in [0.25, 0.3) is 0 Å². The van der Waals surface area contributed by atoms with Crippen LogP contribution in [0.15, 0.2) is 29.2 Å². The third-order valence-electron chi connectivity index (χ3n) is 4.38. The van der Waals surface area contributed by atoms with E-state index in [1.165, 1.54) is 4.31 Å². The molecule has 1 unspecified atom stereocenters. The number of carbonyl (C=O) groups is 1. The average molecular weight is 338 g/mol. The molecular weight excluding hydrogens is 312 g/mol. The quantitative estimate of drug-likeness (QED) is 0.864. The maximum absolute atomic E-state index is 12.8. The number of unbranched alkanes of at least 4 members (excludes halogenated alkanes) is 1. The zero-order valence-corrected chi connectivity index (χ0v) is 14.7. The van der Waals surface area contributed by atoms with Crippen molar-refractivity contribution in [1.82, 2.24) is 9.62 Å². The van der Waals surface area contributed by atoms with E-state index in [4.69, 9.17) is 0 Å². The molecule has 23 heavy (non-hydrogen) atoms. The number of hydrogen-bond donors (Lipinski definition) is 1. The van der Waals surface area contributed by atoms with E-state index in [1.807, 2.05) is 12.1 Å². The molecule has 5 nitrogen and oxygen atoms in total. The van der Waals surface area contributed by atoms with Crippen LogP contribution in [-0.4, -0.2) is 38.8 Å². The van der Waals surface area contributed by atoms with Crippen LogP contribution in [0.4, 0.5) is 0 Å². The molecular formula is C17H26N2O3S. The molecule has 2 rings (SSSR count). The maximum Gasteiger partial charge on any atom is 0.243 e. The standard InChI is InChI=1S/C17H26N2O3S/c1-3-4-6-14-8-10-16(11-9-14)23(21,22)19-12-5-7-15(13-19)17(20)18-2/h8-11,15H,3-7,12-13H2,1-2H3,(H,18,20). The van der Waals surface area contributed by atoms with Crippen molar-refractivity contribution in [3.8, 4) is 0 Å². The minimum atomic E-state index is -3.52. The second-order valence-corrected chi connectivity index (χ2v) is 8.00. The molecule has 0 radical (unpaired) electrons. The normalized spacial score (nSPS) is 19.5. The SMILES string of the molecule is CCCCc1ccc(S(=O)(=O)N2CCCC(C(=O)NC)C2)cc1. The number of nitrogens with one attached hydrogen (secondary N) is 1. The number of aryl methyl sites for hydroxylation is 1. The molecule has 1 aliphatic rings. The monoisotopic (exact) mass is 338 g/mol. The number of amides is 1. The second-order valence-electron chi connectivity index (χ2n) is 6.06. The van der Waals surface area contributed by atoms with Gasteiger partial charge < -0.3 is 5.32 Å². The van der Waals surface area contributed by atoms with Crippen molar-refractivity contribution in [2.24, 2.45) is 5.92 Å². The molecule has 0 saturated carbocycles. The Hall–Kier alpha value is -1.40. The van der Waals surface area contributed by atoms with Crippen molar-refractivity contribution in [1.29, 1.82) is 0 Å². The minimum absolute atomic E-state index is 0.0835. The number of hydrogen-bond acceptors (Lipinski definition) is 3. The third-order valence-corrected chi connectivity index (χ3v) is 6.26. The summed E-state index contributed by atoms with van der Waals surface area (Å²) in [5, 5.41) is 2.61. The summed E-state index contributed by atoms with van der Waals surface area (Å²) in [4.78, 5) is 12.1. The van der Waals surface area contributed by atoms with Crippen LogP contribution >= 0.6 is 0 Å². The van der Waals surface area contributed by atoms with Gasteiger partial charge in [0.15, 0.2) is 0 Å². The predicted molar refractivity (Wildman–Crippen MR) is 90.6 cm³/mol. The van der Waals surface area contributed by atoms with Crippen LogP contribution in [0.2, 0.25) is 0 Å². The van der Waals surface area contributed by atoms with Gasteiger partial charge in [0, 0.05) is 20.1 Å². The Kier molecular flexibility index (Phi) is 6.18. The van der Waals surface area contributed by atoms with E-state index in [-0.39, 0.29) is 18.4 Å². The van der Waals surface area contributed by atoms with Gasteiger partial charge in [-0.05, 0) is 43.4 Å². The van der Waals surface area contributed by atoms with Gasteiger partial charge in [0.25, 0.3) is 0 Å². The second kappa shape index (κ2) is 7.93. The first-order chi connectivity index (χ1) is 11.0. The van der Waals surface area contributed by atoms with E-state index < -0.39 is 10.0 Å². The van der Waals surface area contributed by atoms with Crippen LogP contribution in [0.3, 0.4) is 0 Å². The smallest absolute Gasteiger partial charge is 0.243 e. The Bertz CT molecular complexity index is 626. The highest BCUT2D eigenvalue weighted by Crippen LogP contribution is 2.24. The Morgan fingerprint density at radius 1 is 1.30 bits per heavy atom. The first-order valence-corrected chi connectivity index (χ1v) is 9.73. The summed E-state index contributed by atoms with van der Waals surface area (Å²) in [7, 11) is -1.93.